The molecule has 2 rings (SSSR count). The highest BCUT2D eigenvalue weighted by Crippen LogP contribution is 2.26. The number of amides is 1. The molecular formula is C19H28N4O2. The number of hydrogen-bond acceptors (Lipinski definition) is 4. The zero-order valence-corrected chi connectivity index (χ0v) is 15.7. The number of carbonyl (C=O) groups is 1. The fourth-order valence-corrected chi connectivity index (χ4v) is 2.31. The number of nitrogens with zero attached hydrogens (tertiary/aromatic N) is 3. The van der Waals surface area contributed by atoms with Crippen molar-refractivity contribution in [1.29, 1.82) is 0 Å². The summed E-state index contributed by atoms with van der Waals surface area (Å²) in [6, 6.07) is 11.6. The molecule has 1 aromatic heterocycles. The predicted molar refractivity (Wildman–Crippen MR) is 100 cm³/mol. The highest BCUT2D eigenvalue weighted by molar-refractivity contribution is 5.91. The second-order valence-corrected chi connectivity index (χ2v) is 7.41. The van der Waals surface area contributed by atoms with Crippen molar-refractivity contribution in [3.63, 3.8) is 0 Å². The van der Waals surface area contributed by atoms with Crippen molar-refractivity contribution in [1.82, 2.24) is 14.7 Å². The monoisotopic (exact) mass is 344 g/mol. The Labute approximate surface area is 149 Å². The van der Waals surface area contributed by atoms with Crippen molar-refractivity contribution in [2.45, 2.75) is 39.2 Å². The summed E-state index contributed by atoms with van der Waals surface area (Å²) < 4.78 is 1.76. The fraction of sp³-hybridized carbons (Fsp3) is 0.474. The van der Waals surface area contributed by atoms with Crippen molar-refractivity contribution in [2.24, 2.45) is 0 Å². The van der Waals surface area contributed by atoms with Gasteiger partial charge in [0.25, 0.3) is 0 Å². The molecule has 0 aliphatic carbocycles. The van der Waals surface area contributed by atoms with Crippen molar-refractivity contribution < 1.29 is 9.90 Å². The zero-order chi connectivity index (χ0) is 18.6. The lowest BCUT2D eigenvalue weighted by Crippen LogP contribution is -2.38. The Morgan fingerprint density at radius 3 is 2.52 bits per heavy atom. The van der Waals surface area contributed by atoms with Crippen LogP contribution in [0.1, 0.15) is 33.4 Å². The third-order valence-electron chi connectivity index (χ3n) is 4.16. The average Bonchev–Trinajstić information content (AvgIpc) is 2.98. The maximum atomic E-state index is 12.4. The molecule has 1 atom stereocenters. The third-order valence-corrected chi connectivity index (χ3v) is 4.16. The van der Waals surface area contributed by atoms with E-state index < -0.39 is 0 Å². The lowest BCUT2D eigenvalue weighted by atomic mass is 9.92. The van der Waals surface area contributed by atoms with E-state index in [9.17, 15) is 9.90 Å². The van der Waals surface area contributed by atoms with Gasteiger partial charge in [0.1, 0.15) is 5.82 Å². The van der Waals surface area contributed by atoms with Gasteiger partial charge >= 0.3 is 0 Å². The van der Waals surface area contributed by atoms with Crippen LogP contribution in [0.5, 0.6) is 0 Å². The van der Waals surface area contributed by atoms with E-state index >= 15 is 0 Å². The molecule has 2 aromatic rings. The zero-order valence-electron chi connectivity index (χ0n) is 15.7. The van der Waals surface area contributed by atoms with Crippen LogP contribution in [0.3, 0.4) is 0 Å². The van der Waals surface area contributed by atoms with Crippen molar-refractivity contribution in [3.8, 4) is 5.69 Å². The van der Waals surface area contributed by atoms with Gasteiger partial charge in [-0.25, -0.2) is 4.68 Å². The first-order valence-corrected chi connectivity index (χ1v) is 8.49. The van der Waals surface area contributed by atoms with Gasteiger partial charge in [0.05, 0.1) is 24.5 Å². The Morgan fingerprint density at radius 1 is 1.32 bits per heavy atom. The number of likely N-dealkylation sites (N-methyl/N-ethyl adjacent to an activating group) is 1. The van der Waals surface area contributed by atoms with Gasteiger partial charge in [-0.3, -0.25) is 9.69 Å². The van der Waals surface area contributed by atoms with Gasteiger partial charge in [-0.05, 0) is 26.1 Å². The second-order valence-electron chi connectivity index (χ2n) is 7.41. The maximum Gasteiger partial charge on any atom is 0.239 e. The van der Waals surface area contributed by atoms with Crippen LogP contribution < -0.4 is 5.32 Å². The molecule has 0 fully saturated rings. The Bertz CT molecular complexity index is 704. The molecule has 0 aliphatic rings. The average molecular weight is 344 g/mol. The molecule has 0 radical (unpaired) electrons. The van der Waals surface area contributed by atoms with Crippen LogP contribution in [-0.2, 0) is 10.2 Å². The number of hydrogen-bond donors (Lipinski definition) is 2. The quantitative estimate of drug-likeness (QED) is 0.844. The largest absolute Gasteiger partial charge is 0.395 e. The van der Waals surface area contributed by atoms with Crippen LogP contribution >= 0.6 is 0 Å². The third kappa shape index (κ3) is 4.90. The van der Waals surface area contributed by atoms with E-state index in [1.165, 1.54) is 0 Å². The minimum absolute atomic E-state index is 0.0138. The molecule has 0 spiro atoms. The highest BCUT2D eigenvalue weighted by Gasteiger charge is 2.22. The highest BCUT2D eigenvalue weighted by atomic mass is 16.3. The van der Waals surface area contributed by atoms with E-state index in [2.05, 4.69) is 31.2 Å². The first-order chi connectivity index (χ1) is 11.7. The first kappa shape index (κ1) is 19.1. The molecule has 25 heavy (non-hydrogen) atoms. The van der Waals surface area contributed by atoms with Crippen LogP contribution in [0.2, 0.25) is 0 Å². The lowest BCUT2D eigenvalue weighted by molar-refractivity contribution is -0.117. The van der Waals surface area contributed by atoms with Crippen molar-refractivity contribution in [3.05, 3.63) is 42.1 Å². The molecule has 6 nitrogen and oxygen atoms in total. The van der Waals surface area contributed by atoms with Crippen LogP contribution in [0.25, 0.3) is 5.69 Å². The standard InChI is InChI=1S/C19H28N4O2/c1-14(13-24)22(5)12-18(25)20-17-11-16(19(2,3)4)21-23(17)15-9-7-6-8-10-15/h6-11,14,24H,12-13H2,1-5H3,(H,20,25). The maximum absolute atomic E-state index is 12.4. The van der Waals surface area contributed by atoms with Gasteiger partial charge < -0.3 is 10.4 Å². The Hall–Kier alpha value is -2.18. The van der Waals surface area contributed by atoms with Gasteiger partial charge in [-0.15, -0.1) is 0 Å². The van der Waals surface area contributed by atoms with Crippen LogP contribution in [0.4, 0.5) is 5.82 Å². The van der Waals surface area contributed by atoms with Crippen molar-refractivity contribution >= 4 is 11.7 Å². The minimum atomic E-state index is -0.139. The molecule has 0 saturated heterocycles. The number of rotatable bonds is 6. The molecule has 6 heteroatoms. The minimum Gasteiger partial charge on any atom is -0.395 e. The van der Waals surface area contributed by atoms with E-state index in [4.69, 9.17) is 0 Å². The Morgan fingerprint density at radius 2 is 1.96 bits per heavy atom. The van der Waals surface area contributed by atoms with Gasteiger partial charge in [0.15, 0.2) is 0 Å². The molecule has 1 heterocycles. The number of anilines is 1. The lowest BCUT2D eigenvalue weighted by Gasteiger charge is -2.22. The fourth-order valence-electron chi connectivity index (χ4n) is 2.31. The summed E-state index contributed by atoms with van der Waals surface area (Å²) in [5, 5.41) is 16.8. The summed E-state index contributed by atoms with van der Waals surface area (Å²) in [7, 11) is 1.82. The van der Waals surface area contributed by atoms with Gasteiger partial charge in [0, 0.05) is 17.5 Å². The topological polar surface area (TPSA) is 70.4 Å². The van der Waals surface area contributed by atoms with Crippen LogP contribution in [0, 0.1) is 0 Å². The van der Waals surface area contributed by atoms with E-state index in [-0.39, 0.29) is 30.5 Å². The number of aliphatic hydroxyl groups excluding tert-OH is 1. The molecule has 1 unspecified atom stereocenters. The summed E-state index contributed by atoms with van der Waals surface area (Å²) in [6.45, 7) is 8.36. The first-order valence-electron chi connectivity index (χ1n) is 8.49. The smallest absolute Gasteiger partial charge is 0.239 e. The van der Waals surface area contributed by atoms with Crippen molar-refractivity contribution in [2.75, 3.05) is 25.5 Å². The summed E-state index contributed by atoms with van der Waals surface area (Å²) in [4.78, 5) is 14.2. The Kier molecular flexibility index (Phi) is 5.98. The molecule has 0 aliphatic heterocycles. The molecule has 2 N–H and O–H groups in total. The second kappa shape index (κ2) is 7.80. The number of carbonyl (C=O) groups excluding carboxylic acids is 1. The van der Waals surface area contributed by atoms with Gasteiger partial charge in [-0.1, -0.05) is 39.0 Å². The summed E-state index contributed by atoms with van der Waals surface area (Å²) in [5.41, 5.74) is 1.68. The Balaban J connectivity index is 2.27. The van der Waals surface area contributed by atoms with Crippen LogP contribution in [0.15, 0.2) is 36.4 Å². The number of aromatic nitrogens is 2. The van der Waals surface area contributed by atoms with E-state index in [0.29, 0.717) is 5.82 Å². The molecule has 0 saturated carbocycles. The number of para-hydroxylation sites is 1. The van der Waals surface area contributed by atoms with Crippen LogP contribution in [-0.4, -0.2) is 51.9 Å². The molecular weight excluding hydrogens is 316 g/mol. The summed E-state index contributed by atoms with van der Waals surface area (Å²) in [5.74, 6) is 0.506. The number of aliphatic hydroxyl groups is 1. The van der Waals surface area contributed by atoms with E-state index in [0.717, 1.165) is 11.4 Å². The summed E-state index contributed by atoms with van der Waals surface area (Å²) in [6.07, 6.45) is 0. The molecule has 0 bridgehead atoms. The molecule has 1 aromatic carbocycles. The van der Waals surface area contributed by atoms with Gasteiger partial charge in [-0.2, -0.15) is 5.10 Å². The molecule has 136 valence electrons. The predicted octanol–water partition coefficient (Wildman–Crippen LogP) is 2.42. The number of nitrogens with one attached hydrogen (secondary N) is 1. The van der Waals surface area contributed by atoms with Gasteiger partial charge in [0.2, 0.25) is 5.91 Å². The normalized spacial score (nSPS) is 13.1. The van der Waals surface area contributed by atoms with E-state index in [1.54, 1.807) is 4.68 Å². The van der Waals surface area contributed by atoms with E-state index in [1.807, 2.05) is 55.3 Å². The number of benzene rings is 1. The summed E-state index contributed by atoms with van der Waals surface area (Å²) >= 11 is 0. The molecule has 1 amide bonds. The SMILES string of the molecule is CC(CO)N(C)CC(=O)Nc1cc(C(C)(C)C)nn1-c1ccccc1.